The van der Waals surface area contributed by atoms with E-state index < -0.39 is 11.9 Å². The molecular weight excluding hydrogens is 335 g/mol. The predicted molar refractivity (Wildman–Crippen MR) is 86.5 cm³/mol. The summed E-state index contributed by atoms with van der Waals surface area (Å²) in [6.07, 6.45) is -3.98. The van der Waals surface area contributed by atoms with E-state index in [4.69, 9.17) is 4.74 Å². The van der Waals surface area contributed by atoms with Crippen LogP contribution in [0.5, 0.6) is 5.75 Å². The number of carbonyl (C=O) groups is 1. The molecule has 1 N–H and O–H groups in total. The van der Waals surface area contributed by atoms with Crippen molar-refractivity contribution in [3.8, 4) is 5.75 Å². The van der Waals surface area contributed by atoms with E-state index in [0.717, 1.165) is 6.07 Å². The molecule has 1 aromatic heterocycles. The molecule has 0 saturated carbocycles. The normalized spacial score (nSPS) is 11.4. The fourth-order valence-electron chi connectivity index (χ4n) is 2.30. The average molecular weight is 355 g/mol. The van der Waals surface area contributed by atoms with Gasteiger partial charge in [0.2, 0.25) is 0 Å². The van der Waals surface area contributed by atoms with Crippen LogP contribution in [0.15, 0.2) is 30.3 Å². The lowest BCUT2D eigenvalue weighted by Crippen LogP contribution is -2.25. The minimum atomic E-state index is -4.45. The third-order valence-electron chi connectivity index (χ3n) is 3.51. The molecule has 0 aliphatic carbocycles. The van der Waals surface area contributed by atoms with Gasteiger partial charge in [-0.15, -0.1) is 0 Å². The number of amides is 1. The highest BCUT2D eigenvalue weighted by Crippen LogP contribution is 2.28. The minimum Gasteiger partial charge on any atom is -0.494 e. The smallest absolute Gasteiger partial charge is 0.435 e. The number of ether oxygens (including phenoxy) is 1. The van der Waals surface area contributed by atoms with E-state index in [2.05, 4.69) is 10.4 Å². The Balaban J connectivity index is 1.84. The van der Waals surface area contributed by atoms with Crippen molar-refractivity contribution in [2.45, 2.75) is 33.0 Å². The van der Waals surface area contributed by atoms with Gasteiger partial charge < -0.3 is 10.1 Å². The molecule has 0 aliphatic heterocycles. The van der Waals surface area contributed by atoms with Gasteiger partial charge in [-0.1, -0.05) is 6.07 Å². The van der Waals surface area contributed by atoms with Gasteiger partial charge in [0.25, 0.3) is 5.91 Å². The van der Waals surface area contributed by atoms with Crippen molar-refractivity contribution in [2.24, 2.45) is 0 Å². The third kappa shape index (κ3) is 5.23. The first-order valence-electron chi connectivity index (χ1n) is 7.94. The second-order valence-corrected chi connectivity index (χ2v) is 5.46. The number of halogens is 3. The summed E-state index contributed by atoms with van der Waals surface area (Å²) in [6, 6.07) is 7.82. The first-order valence-corrected chi connectivity index (χ1v) is 7.94. The van der Waals surface area contributed by atoms with Crippen LogP contribution in [0.3, 0.4) is 0 Å². The van der Waals surface area contributed by atoms with Gasteiger partial charge in [0.05, 0.1) is 6.61 Å². The number of benzene rings is 1. The van der Waals surface area contributed by atoms with Gasteiger partial charge in [-0.25, -0.2) is 0 Å². The zero-order valence-corrected chi connectivity index (χ0v) is 14.1. The van der Waals surface area contributed by atoms with Crippen molar-refractivity contribution < 1.29 is 22.7 Å². The van der Waals surface area contributed by atoms with Gasteiger partial charge in [-0.05, 0) is 44.5 Å². The molecule has 2 rings (SSSR count). The van der Waals surface area contributed by atoms with Crippen molar-refractivity contribution in [1.82, 2.24) is 15.1 Å². The summed E-state index contributed by atoms with van der Waals surface area (Å²) in [5.41, 5.74) is 0.00502. The lowest BCUT2D eigenvalue weighted by Gasteiger charge is -2.08. The SMILES string of the molecule is CCOc1cccc(C(=O)NCCCn2nc(C(F)(F)F)cc2C)c1. The Bertz CT molecular complexity index is 726. The molecule has 0 unspecified atom stereocenters. The zero-order valence-electron chi connectivity index (χ0n) is 14.1. The molecule has 0 spiro atoms. The maximum atomic E-state index is 12.6. The lowest BCUT2D eigenvalue weighted by atomic mass is 10.2. The van der Waals surface area contributed by atoms with E-state index in [1.54, 1.807) is 31.2 Å². The molecule has 0 bridgehead atoms. The van der Waals surface area contributed by atoms with Crippen LogP contribution < -0.4 is 10.1 Å². The number of aryl methyl sites for hydroxylation is 2. The van der Waals surface area contributed by atoms with Crippen LogP contribution >= 0.6 is 0 Å². The molecule has 5 nitrogen and oxygen atoms in total. The monoisotopic (exact) mass is 355 g/mol. The third-order valence-corrected chi connectivity index (χ3v) is 3.51. The Morgan fingerprint density at radius 3 is 2.72 bits per heavy atom. The van der Waals surface area contributed by atoms with E-state index in [1.807, 2.05) is 6.92 Å². The summed E-state index contributed by atoms with van der Waals surface area (Å²) >= 11 is 0. The first kappa shape index (κ1) is 18.8. The molecule has 1 aromatic carbocycles. The van der Waals surface area contributed by atoms with Gasteiger partial charge in [0, 0.05) is 24.3 Å². The van der Waals surface area contributed by atoms with Crippen LogP contribution in [0.2, 0.25) is 0 Å². The molecular formula is C17H20F3N3O2. The first-order chi connectivity index (χ1) is 11.8. The fraction of sp³-hybridized carbons (Fsp3) is 0.412. The van der Waals surface area contributed by atoms with Gasteiger partial charge in [0.1, 0.15) is 5.75 Å². The number of nitrogens with zero attached hydrogens (tertiary/aromatic N) is 2. The maximum Gasteiger partial charge on any atom is 0.435 e. The van der Waals surface area contributed by atoms with Crippen molar-refractivity contribution >= 4 is 5.91 Å². The Labute approximate surface area is 143 Å². The minimum absolute atomic E-state index is 0.255. The van der Waals surface area contributed by atoms with E-state index in [0.29, 0.717) is 43.1 Å². The molecule has 0 saturated heterocycles. The Kier molecular flexibility index (Phi) is 6.06. The zero-order chi connectivity index (χ0) is 18.4. The van der Waals surface area contributed by atoms with Gasteiger partial charge in [-0.2, -0.15) is 18.3 Å². The number of alkyl halides is 3. The van der Waals surface area contributed by atoms with Crippen LogP contribution in [-0.4, -0.2) is 28.8 Å². The van der Waals surface area contributed by atoms with E-state index in [9.17, 15) is 18.0 Å². The maximum absolute atomic E-state index is 12.6. The van der Waals surface area contributed by atoms with Gasteiger partial charge in [-0.3, -0.25) is 9.48 Å². The van der Waals surface area contributed by atoms with Crippen LogP contribution in [0.1, 0.15) is 35.1 Å². The number of aromatic nitrogens is 2. The number of hydrogen-bond acceptors (Lipinski definition) is 3. The molecule has 0 atom stereocenters. The summed E-state index contributed by atoms with van der Waals surface area (Å²) < 4.78 is 44.5. The summed E-state index contributed by atoms with van der Waals surface area (Å²) in [5.74, 6) is 0.358. The Morgan fingerprint density at radius 2 is 2.08 bits per heavy atom. The van der Waals surface area contributed by atoms with Crippen molar-refractivity contribution in [3.63, 3.8) is 0 Å². The molecule has 136 valence electrons. The molecule has 25 heavy (non-hydrogen) atoms. The fourth-order valence-corrected chi connectivity index (χ4v) is 2.30. The lowest BCUT2D eigenvalue weighted by molar-refractivity contribution is -0.141. The highest BCUT2D eigenvalue weighted by Gasteiger charge is 2.34. The number of carbonyl (C=O) groups excluding carboxylic acids is 1. The summed E-state index contributed by atoms with van der Waals surface area (Å²) in [7, 11) is 0. The Hall–Kier alpha value is -2.51. The molecule has 2 aromatic rings. The van der Waals surface area contributed by atoms with Gasteiger partial charge >= 0.3 is 6.18 Å². The number of hydrogen-bond donors (Lipinski definition) is 1. The summed E-state index contributed by atoms with van der Waals surface area (Å²) in [5, 5.41) is 6.29. The van der Waals surface area contributed by atoms with Crippen molar-refractivity contribution in [2.75, 3.05) is 13.2 Å². The molecule has 0 fully saturated rings. The van der Waals surface area contributed by atoms with Gasteiger partial charge in [0.15, 0.2) is 5.69 Å². The predicted octanol–water partition coefficient (Wildman–Crippen LogP) is 3.43. The molecule has 0 radical (unpaired) electrons. The molecule has 1 heterocycles. The standard InChI is InChI=1S/C17H20F3N3O2/c1-3-25-14-7-4-6-13(11-14)16(24)21-8-5-9-23-12(2)10-15(22-23)17(18,19)20/h4,6-7,10-11H,3,5,8-9H2,1-2H3,(H,21,24). The van der Waals surface area contributed by atoms with E-state index in [1.165, 1.54) is 4.68 Å². The highest BCUT2D eigenvalue weighted by molar-refractivity contribution is 5.94. The van der Waals surface area contributed by atoms with Crippen LogP contribution in [0, 0.1) is 6.92 Å². The van der Waals surface area contributed by atoms with Crippen LogP contribution in [0.4, 0.5) is 13.2 Å². The van der Waals surface area contributed by atoms with Crippen LogP contribution in [-0.2, 0) is 12.7 Å². The van der Waals surface area contributed by atoms with Crippen molar-refractivity contribution in [3.05, 3.63) is 47.3 Å². The number of nitrogens with one attached hydrogen (secondary N) is 1. The molecule has 8 heteroatoms. The summed E-state index contributed by atoms with van der Waals surface area (Å²) in [6.45, 7) is 4.56. The quantitative estimate of drug-likeness (QED) is 0.774. The topological polar surface area (TPSA) is 56.1 Å². The molecule has 0 aliphatic rings. The van der Waals surface area contributed by atoms with E-state index >= 15 is 0 Å². The second-order valence-electron chi connectivity index (χ2n) is 5.46. The van der Waals surface area contributed by atoms with Crippen LogP contribution in [0.25, 0.3) is 0 Å². The van der Waals surface area contributed by atoms with E-state index in [-0.39, 0.29) is 5.91 Å². The van der Waals surface area contributed by atoms with Crippen molar-refractivity contribution in [1.29, 1.82) is 0 Å². The molecule has 1 amide bonds. The average Bonchev–Trinajstić information content (AvgIpc) is 2.93. The Morgan fingerprint density at radius 1 is 1.32 bits per heavy atom. The highest BCUT2D eigenvalue weighted by atomic mass is 19.4. The summed E-state index contributed by atoms with van der Waals surface area (Å²) in [4.78, 5) is 12.1. The number of rotatable bonds is 7. The second kappa shape index (κ2) is 8.04. The largest absolute Gasteiger partial charge is 0.494 e.